The summed E-state index contributed by atoms with van der Waals surface area (Å²) in [5.74, 6) is 1.04. The number of hydrogen-bond acceptors (Lipinski definition) is 4. The van der Waals surface area contributed by atoms with Crippen LogP contribution in [0.3, 0.4) is 0 Å². The number of piperidine rings is 1. The molecule has 1 fully saturated rings. The van der Waals surface area contributed by atoms with E-state index in [1.165, 1.54) is 0 Å². The fourth-order valence-electron chi connectivity index (χ4n) is 3.22. The van der Waals surface area contributed by atoms with Crippen LogP contribution in [0.25, 0.3) is 0 Å². The normalized spacial score (nSPS) is 16.6. The van der Waals surface area contributed by atoms with Gasteiger partial charge < -0.3 is 20.7 Å². The highest BCUT2D eigenvalue weighted by molar-refractivity contribution is 5.95. The molecule has 3 N–H and O–H groups in total. The van der Waals surface area contributed by atoms with Crippen LogP contribution in [0, 0.1) is 5.92 Å². The molecule has 2 aromatic carbocycles. The molecule has 27 heavy (non-hydrogen) atoms. The maximum Gasteiger partial charge on any atom is 0.254 e. The van der Waals surface area contributed by atoms with Crippen molar-refractivity contribution in [1.29, 1.82) is 0 Å². The average molecular weight is 367 g/mol. The van der Waals surface area contributed by atoms with Gasteiger partial charge in [-0.2, -0.15) is 0 Å². The van der Waals surface area contributed by atoms with Crippen molar-refractivity contribution in [3.63, 3.8) is 0 Å². The molecule has 6 heteroatoms. The van der Waals surface area contributed by atoms with Gasteiger partial charge in [0.15, 0.2) is 0 Å². The van der Waals surface area contributed by atoms with Crippen molar-refractivity contribution in [2.24, 2.45) is 11.7 Å². The van der Waals surface area contributed by atoms with Crippen molar-refractivity contribution in [1.82, 2.24) is 10.2 Å². The molecule has 1 aliphatic heterocycles. The molecule has 1 unspecified atom stereocenters. The Balaban J connectivity index is 1.66. The molecule has 1 aliphatic rings. The Labute approximate surface area is 159 Å². The minimum atomic E-state index is -0.182. The molecular formula is C21H25N3O3. The number of ether oxygens (including phenoxy) is 1. The first kappa shape index (κ1) is 18.9. The van der Waals surface area contributed by atoms with Gasteiger partial charge in [0.05, 0.1) is 5.92 Å². The van der Waals surface area contributed by atoms with Crippen molar-refractivity contribution in [3.05, 3.63) is 60.2 Å². The third kappa shape index (κ3) is 5.08. The zero-order chi connectivity index (χ0) is 19.1. The lowest BCUT2D eigenvalue weighted by atomic mass is 9.96. The monoisotopic (exact) mass is 367 g/mol. The molecule has 0 aromatic heterocycles. The van der Waals surface area contributed by atoms with Crippen LogP contribution < -0.4 is 15.8 Å². The second kappa shape index (κ2) is 9.19. The van der Waals surface area contributed by atoms with Crippen LogP contribution in [0.4, 0.5) is 0 Å². The number of benzene rings is 2. The van der Waals surface area contributed by atoms with Crippen molar-refractivity contribution < 1.29 is 14.3 Å². The van der Waals surface area contributed by atoms with Gasteiger partial charge in [0.1, 0.15) is 11.5 Å². The molecule has 0 radical (unpaired) electrons. The topological polar surface area (TPSA) is 84.7 Å². The Morgan fingerprint density at radius 1 is 1.11 bits per heavy atom. The highest BCUT2D eigenvalue weighted by Gasteiger charge is 2.28. The van der Waals surface area contributed by atoms with Crippen molar-refractivity contribution in [3.8, 4) is 11.5 Å². The van der Waals surface area contributed by atoms with E-state index in [9.17, 15) is 9.59 Å². The molecule has 0 bridgehead atoms. The minimum absolute atomic E-state index is 0.0286. The van der Waals surface area contributed by atoms with Gasteiger partial charge in [0, 0.05) is 31.7 Å². The molecule has 2 amide bonds. The molecule has 0 aliphatic carbocycles. The summed E-state index contributed by atoms with van der Waals surface area (Å²) in [4.78, 5) is 26.8. The van der Waals surface area contributed by atoms with E-state index < -0.39 is 0 Å². The van der Waals surface area contributed by atoms with E-state index in [1.54, 1.807) is 23.1 Å². The number of rotatable bonds is 6. The van der Waals surface area contributed by atoms with E-state index in [4.69, 9.17) is 10.5 Å². The lowest BCUT2D eigenvalue weighted by molar-refractivity contribution is -0.126. The third-order valence-electron chi connectivity index (χ3n) is 4.58. The number of hydrogen-bond donors (Lipinski definition) is 2. The number of amides is 2. The fraction of sp³-hybridized carbons (Fsp3) is 0.333. The molecule has 142 valence electrons. The summed E-state index contributed by atoms with van der Waals surface area (Å²) in [6.45, 7) is 1.96. The lowest BCUT2D eigenvalue weighted by Crippen LogP contribution is -2.46. The number of nitrogens with two attached hydrogens (primary N) is 1. The summed E-state index contributed by atoms with van der Waals surface area (Å²) in [6.07, 6.45) is 1.60. The van der Waals surface area contributed by atoms with Gasteiger partial charge in [-0.25, -0.2) is 0 Å². The van der Waals surface area contributed by atoms with E-state index >= 15 is 0 Å². The number of carbonyl (C=O) groups excluding carboxylic acids is 2. The highest BCUT2D eigenvalue weighted by atomic mass is 16.5. The Morgan fingerprint density at radius 3 is 2.67 bits per heavy atom. The van der Waals surface area contributed by atoms with Crippen LogP contribution >= 0.6 is 0 Å². The summed E-state index contributed by atoms with van der Waals surface area (Å²) in [6, 6.07) is 16.6. The molecule has 3 rings (SSSR count). The number of para-hydroxylation sites is 1. The predicted molar refractivity (Wildman–Crippen MR) is 104 cm³/mol. The van der Waals surface area contributed by atoms with Crippen LogP contribution in [0.5, 0.6) is 11.5 Å². The maximum absolute atomic E-state index is 12.9. The van der Waals surface area contributed by atoms with Gasteiger partial charge in [-0.15, -0.1) is 0 Å². The van der Waals surface area contributed by atoms with Gasteiger partial charge in [0.25, 0.3) is 5.91 Å². The maximum atomic E-state index is 12.9. The first-order valence-electron chi connectivity index (χ1n) is 9.27. The highest BCUT2D eigenvalue weighted by Crippen LogP contribution is 2.24. The first-order chi connectivity index (χ1) is 13.2. The zero-order valence-corrected chi connectivity index (χ0v) is 15.3. The second-order valence-electron chi connectivity index (χ2n) is 6.61. The molecule has 2 aromatic rings. The Kier molecular flexibility index (Phi) is 6.44. The molecular weight excluding hydrogens is 342 g/mol. The number of carbonyl (C=O) groups is 2. The lowest BCUT2D eigenvalue weighted by Gasteiger charge is -2.32. The van der Waals surface area contributed by atoms with Gasteiger partial charge in [-0.1, -0.05) is 24.3 Å². The fourth-order valence-corrected chi connectivity index (χ4v) is 3.22. The second-order valence-corrected chi connectivity index (χ2v) is 6.61. The van der Waals surface area contributed by atoms with E-state index in [-0.39, 0.29) is 17.7 Å². The van der Waals surface area contributed by atoms with Crippen molar-refractivity contribution >= 4 is 11.8 Å². The smallest absolute Gasteiger partial charge is 0.254 e. The van der Waals surface area contributed by atoms with Crippen LogP contribution in [0.15, 0.2) is 54.6 Å². The van der Waals surface area contributed by atoms with Crippen LogP contribution in [0.2, 0.25) is 0 Å². The van der Waals surface area contributed by atoms with Gasteiger partial charge in [-0.3, -0.25) is 9.59 Å². The molecule has 1 heterocycles. The number of nitrogens with zero attached hydrogens (tertiary/aromatic N) is 1. The summed E-state index contributed by atoms with van der Waals surface area (Å²) in [7, 11) is 0. The molecule has 6 nitrogen and oxygen atoms in total. The predicted octanol–water partition coefficient (Wildman–Crippen LogP) is 2.41. The van der Waals surface area contributed by atoms with Crippen LogP contribution in [-0.2, 0) is 4.79 Å². The Bertz CT molecular complexity index is 779. The van der Waals surface area contributed by atoms with E-state index in [0.717, 1.165) is 18.6 Å². The standard InChI is InChI=1S/C21H25N3O3/c22-11-12-23-20(25)17-7-5-13-24(15-17)21(26)16-6-4-10-19(14-16)27-18-8-2-1-3-9-18/h1-4,6,8-10,14,17H,5,7,11-13,15,22H2,(H,23,25). The molecule has 1 saturated heterocycles. The largest absolute Gasteiger partial charge is 0.457 e. The van der Waals surface area contributed by atoms with E-state index in [2.05, 4.69) is 5.32 Å². The summed E-state index contributed by atoms with van der Waals surface area (Å²) in [5, 5.41) is 2.82. The van der Waals surface area contributed by atoms with E-state index in [1.807, 2.05) is 36.4 Å². The van der Waals surface area contributed by atoms with Gasteiger partial charge >= 0.3 is 0 Å². The number of likely N-dealkylation sites (tertiary alicyclic amines) is 1. The number of nitrogens with one attached hydrogen (secondary N) is 1. The quantitative estimate of drug-likeness (QED) is 0.821. The van der Waals surface area contributed by atoms with Crippen LogP contribution in [-0.4, -0.2) is 42.9 Å². The summed E-state index contributed by atoms with van der Waals surface area (Å²) >= 11 is 0. The average Bonchev–Trinajstić information content (AvgIpc) is 2.72. The van der Waals surface area contributed by atoms with Crippen LogP contribution in [0.1, 0.15) is 23.2 Å². The molecule has 1 atom stereocenters. The molecule has 0 saturated carbocycles. The Hall–Kier alpha value is -2.86. The van der Waals surface area contributed by atoms with Gasteiger partial charge in [-0.05, 0) is 43.2 Å². The molecule has 0 spiro atoms. The SMILES string of the molecule is NCCNC(=O)C1CCCN(C(=O)c2cccc(Oc3ccccc3)c2)C1. The first-order valence-corrected chi connectivity index (χ1v) is 9.27. The zero-order valence-electron chi connectivity index (χ0n) is 15.3. The summed E-state index contributed by atoms with van der Waals surface area (Å²) < 4.78 is 5.81. The van der Waals surface area contributed by atoms with Crippen molar-refractivity contribution in [2.75, 3.05) is 26.2 Å². The Morgan fingerprint density at radius 2 is 1.89 bits per heavy atom. The van der Waals surface area contributed by atoms with E-state index in [0.29, 0.717) is 37.5 Å². The third-order valence-corrected chi connectivity index (χ3v) is 4.58. The van der Waals surface area contributed by atoms with Crippen molar-refractivity contribution in [2.45, 2.75) is 12.8 Å². The summed E-state index contributed by atoms with van der Waals surface area (Å²) in [5.41, 5.74) is 6.00. The van der Waals surface area contributed by atoms with Gasteiger partial charge in [0.2, 0.25) is 5.91 Å². The minimum Gasteiger partial charge on any atom is -0.457 e.